The fraction of sp³-hybridized carbons (Fsp3) is 0.690. The maximum Gasteiger partial charge on any atom is 0.339 e. The maximum atomic E-state index is 14.3. The zero-order valence-electron chi connectivity index (χ0n) is 35.2. The molecule has 0 aromatic rings. The summed E-state index contributed by atoms with van der Waals surface area (Å²) in [5.41, 5.74) is 6.67. The van der Waals surface area contributed by atoms with Crippen LogP contribution in [0.25, 0.3) is 0 Å². The minimum atomic E-state index is -2.93. The molecule has 19 nitrogen and oxygen atoms in total. The first kappa shape index (κ1) is 48.1. The third-order valence-electron chi connectivity index (χ3n) is 12.2. The number of aliphatic hydroxyl groups is 6. The highest BCUT2D eigenvalue weighted by Crippen LogP contribution is 2.55. The smallest absolute Gasteiger partial charge is 0.339 e. The molecule has 10 unspecified atom stereocenters. The lowest BCUT2D eigenvalue weighted by Gasteiger charge is -2.48. The Morgan fingerprint density at radius 2 is 1.93 bits per heavy atom. The van der Waals surface area contributed by atoms with Crippen molar-refractivity contribution < 1.29 is 69.0 Å². The first-order chi connectivity index (χ1) is 29.1. The molecule has 3 aliphatic heterocycles. The van der Waals surface area contributed by atoms with E-state index < -0.39 is 73.2 Å². The number of β-amino-alcohol motifs (C(OH)–C–C–N with tert-alkyl or cyclic N) is 1. The third-order valence-corrected chi connectivity index (χ3v) is 12.2. The minimum Gasteiger partial charge on any atom is -0.478 e. The van der Waals surface area contributed by atoms with E-state index in [0.717, 1.165) is 38.6 Å². The van der Waals surface area contributed by atoms with Gasteiger partial charge in [0, 0.05) is 38.4 Å². The van der Waals surface area contributed by atoms with E-state index in [2.05, 4.69) is 22.2 Å². The first-order valence-electron chi connectivity index (χ1n) is 21.1. The number of hydrogen-bond donors (Lipinski definition) is 10. The SMILES string of the molecule is C=CC1C(OC2OC(CO)C(O)C(O)(O)C2OC(C)C)OC=C(C(=O)OC2CCC3(CCCC3CNC)C2)C1C=CC1=C(NC(N)=NCCCO)C(C(=O)O)=CN(CCO)C1. The highest BCUT2D eigenvalue weighted by molar-refractivity contribution is 5.95. The Hall–Kier alpha value is -3.89. The number of aliphatic carboxylic acids is 1. The Balaban J connectivity index is 1.53. The van der Waals surface area contributed by atoms with Crippen molar-refractivity contribution in [1.82, 2.24) is 15.5 Å². The molecule has 19 heteroatoms. The number of nitrogens with zero attached hydrogens (tertiary/aromatic N) is 2. The molecule has 0 bridgehead atoms. The standard InChI is InChI=1S/C42H65N5O14/c1-5-28-29(10-9-25-20-47(15-17-49)21-30(36(52)53)33(25)46-40(43)45-14-7-16-48)31(37(54)59-27-11-13-41(18-27)12-6-8-26(41)19-44-4)23-57-38(28)61-39-35(58-24(2)3)42(55,56)34(51)32(22-50)60-39/h5,9-10,21,23-24,26-29,32,34-35,38-39,44,48-51,55-56H,1,6-8,11-20,22H2,2-4H3,(H,52,53)(H3,43,45,46). The van der Waals surface area contributed by atoms with Gasteiger partial charge in [0.2, 0.25) is 12.1 Å². The molecule has 11 N–H and O–H groups in total. The van der Waals surface area contributed by atoms with Gasteiger partial charge in [-0.2, -0.15) is 0 Å². The number of esters is 1. The molecule has 2 aliphatic carbocycles. The molecule has 61 heavy (non-hydrogen) atoms. The fourth-order valence-corrected chi connectivity index (χ4v) is 9.22. The Bertz CT molecular complexity index is 1700. The number of carboxylic acid groups (broad SMARTS) is 1. The van der Waals surface area contributed by atoms with E-state index in [0.29, 0.717) is 24.3 Å². The number of rotatable bonds is 19. The molecule has 0 amide bonds. The van der Waals surface area contributed by atoms with Gasteiger partial charge in [0.1, 0.15) is 18.3 Å². The van der Waals surface area contributed by atoms with Crippen LogP contribution in [-0.4, -0.2) is 160 Å². The van der Waals surface area contributed by atoms with Crippen LogP contribution in [0.4, 0.5) is 0 Å². The van der Waals surface area contributed by atoms with Crippen molar-refractivity contribution in [3.05, 3.63) is 59.7 Å². The molecule has 1 saturated heterocycles. The molecule has 10 atom stereocenters. The van der Waals surface area contributed by atoms with E-state index in [1.807, 2.05) is 7.05 Å². The Labute approximate surface area is 356 Å². The van der Waals surface area contributed by atoms with Crippen molar-refractivity contribution in [1.29, 1.82) is 0 Å². The van der Waals surface area contributed by atoms with Gasteiger partial charge in [-0.1, -0.05) is 24.6 Å². The van der Waals surface area contributed by atoms with Gasteiger partial charge in [-0.25, -0.2) is 9.59 Å². The quantitative estimate of drug-likeness (QED) is 0.0199. The molecule has 3 fully saturated rings. The van der Waals surface area contributed by atoms with E-state index in [9.17, 15) is 45.3 Å². The number of carbonyl (C=O) groups excluding carboxylic acids is 1. The van der Waals surface area contributed by atoms with Crippen LogP contribution in [-0.2, 0) is 33.3 Å². The lowest BCUT2D eigenvalue weighted by atomic mass is 9.76. The van der Waals surface area contributed by atoms with Crippen LogP contribution in [0.3, 0.4) is 0 Å². The summed E-state index contributed by atoms with van der Waals surface area (Å²) >= 11 is 0. The maximum absolute atomic E-state index is 14.3. The summed E-state index contributed by atoms with van der Waals surface area (Å²) < 4.78 is 30.1. The van der Waals surface area contributed by atoms with E-state index in [4.69, 9.17) is 29.4 Å². The van der Waals surface area contributed by atoms with Crippen LogP contribution in [0.5, 0.6) is 0 Å². The number of guanidine groups is 1. The Morgan fingerprint density at radius 1 is 1.16 bits per heavy atom. The third kappa shape index (κ3) is 11.2. The fourth-order valence-electron chi connectivity index (χ4n) is 9.22. The van der Waals surface area contributed by atoms with Crippen molar-refractivity contribution in [3.8, 4) is 0 Å². The van der Waals surface area contributed by atoms with Crippen molar-refractivity contribution in [2.45, 2.75) is 108 Å². The normalized spacial score (nSPS) is 32.9. The Kier molecular flexibility index (Phi) is 16.9. The molecule has 0 aromatic heterocycles. The molecule has 5 aliphatic rings. The summed E-state index contributed by atoms with van der Waals surface area (Å²) in [5, 5.41) is 78.2. The topological polar surface area (TPSA) is 288 Å². The van der Waals surface area contributed by atoms with Crippen molar-refractivity contribution in [2.24, 2.45) is 33.9 Å². The monoisotopic (exact) mass is 863 g/mol. The van der Waals surface area contributed by atoms with Gasteiger partial charge < -0.3 is 80.7 Å². The number of hydrogen-bond acceptors (Lipinski definition) is 16. The highest BCUT2D eigenvalue weighted by atomic mass is 16.8. The number of carbonyl (C=O) groups is 2. The number of nitrogens with two attached hydrogens (primary N) is 1. The minimum absolute atomic E-state index is 0.0758. The van der Waals surface area contributed by atoms with Gasteiger partial charge in [0.05, 0.1) is 48.3 Å². The second kappa shape index (κ2) is 21.5. The number of allylic oxidation sites excluding steroid dienone is 1. The molecule has 1 spiro atoms. The Morgan fingerprint density at radius 3 is 2.59 bits per heavy atom. The van der Waals surface area contributed by atoms with Crippen LogP contribution in [0.1, 0.15) is 58.8 Å². The summed E-state index contributed by atoms with van der Waals surface area (Å²) in [6, 6.07) is 0. The molecule has 0 radical (unpaired) electrons. The summed E-state index contributed by atoms with van der Waals surface area (Å²) in [5.74, 6) is -6.32. The number of nitrogens with one attached hydrogen (secondary N) is 2. The molecule has 2 saturated carbocycles. The zero-order chi connectivity index (χ0) is 44.5. The van der Waals surface area contributed by atoms with E-state index in [-0.39, 0.29) is 67.2 Å². The van der Waals surface area contributed by atoms with Gasteiger partial charge in [0.25, 0.3) is 0 Å². The van der Waals surface area contributed by atoms with Gasteiger partial charge >= 0.3 is 11.9 Å². The average Bonchev–Trinajstić information content (AvgIpc) is 3.81. The molecule has 342 valence electrons. The largest absolute Gasteiger partial charge is 0.478 e. The van der Waals surface area contributed by atoms with Gasteiger partial charge in [-0.05, 0) is 82.9 Å². The number of ether oxygens (including phenoxy) is 5. The van der Waals surface area contributed by atoms with E-state index in [1.165, 1.54) is 18.5 Å². The highest BCUT2D eigenvalue weighted by Gasteiger charge is 2.58. The molecule has 3 heterocycles. The molecule has 0 aromatic carbocycles. The van der Waals surface area contributed by atoms with Crippen LogP contribution >= 0.6 is 0 Å². The second-order valence-corrected chi connectivity index (χ2v) is 16.7. The molecular weight excluding hydrogens is 798 g/mol. The van der Waals surface area contributed by atoms with Crippen LogP contribution in [0.2, 0.25) is 0 Å². The van der Waals surface area contributed by atoms with Crippen molar-refractivity contribution >= 4 is 17.9 Å². The number of carboxylic acids is 1. The zero-order valence-corrected chi connectivity index (χ0v) is 35.2. The lowest BCUT2D eigenvalue weighted by Crippen LogP contribution is -2.69. The predicted molar refractivity (Wildman–Crippen MR) is 219 cm³/mol. The van der Waals surface area contributed by atoms with Gasteiger partial charge in [-0.15, -0.1) is 6.58 Å². The molecular formula is C42H65N5O14. The van der Waals surface area contributed by atoms with Gasteiger partial charge in [0.15, 0.2) is 18.4 Å². The van der Waals surface area contributed by atoms with Crippen LogP contribution < -0.4 is 16.4 Å². The van der Waals surface area contributed by atoms with Crippen LogP contribution in [0, 0.1) is 23.2 Å². The summed E-state index contributed by atoms with van der Waals surface area (Å²) in [7, 11) is 1.94. The van der Waals surface area contributed by atoms with E-state index in [1.54, 1.807) is 30.9 Å². The summed E-state index contributed by atoms with van der Waals surface area (Å²) in [4.78, 5) is 32.7. The number of aliphatic hydroxyl groups excluding tert-OH is 4. The number of aliphatic imine (C=N–C) groups is 1. The second-order valence-electron chi connectivity index (χ2n) is 16.7. The lowest BCUT2D eigenvalue weighted by molar-refractivity contribution is -0.413. The first-order valence-corrected chi connectivity index (χ1v) is 21.1. The van der Waals surface area contributed by atoms with E-state index >= 15 is 0 Å². The van der Waals surface area contributed by atoms with Crippen LogP contribution in [0.15, 0.2) is 64.7 Å². The summed E-state index contributed by atoms with van der Waals surface area (Å²) in [6.07, 6.45) is 4.26. The summed E-state index contributed by atoms with van der Waals surface area (Å²) in [6.45, 7) is 7.35. The van der Waals surface area contributed by atoms with Crippen molar-refractivity contribution in [2.75, 3.05) is 53.0 Å². The van der Waals surface area contributed by atoms with Gasteiger partial charge in [-0.3, -0.25) is 4.99 Å². The molecule has 5 rings (SSSR count). The predicted octanol–water partition coefficient (Wildman–Crippen LogP) is -0.311. The van der Waals surface area contributed by atoms with Crippen molar-refractivity contribution in [3.63, 3.8) is 0 Å². The average molecular weight is 864 g/mol.